The molecule has 0 aliphatic carbocycles. The third-order valence-corrected chi connectivity index (χ3v) is 18.3. The van der Waals surface area contributed by atoms with Crippen molar-refractivity contribution in [2.45, 2.75) is 151 Å². The van der Waals surface area contributed by atoms with Crippen molar-refractivity contribution in [3.63, 3.8) is 0 Å². The van der Waals surface area contributed by atoms with Crippen LogP contribution in [0.1, 0.15) is 99.9 Å². The van der Waals surface area contributed by atoms with Gasteiger partial charge in [0.2, 0.25) is 12.6 Å². The van der Waals surface area contributed by atoms with Crippen molar-refractivity contribution in [3.8, 4) is 46.8 Å². The largest absolute Gasteiger partial charge is 0.493 e. The summed E-state index contributed by atoms with van der Waals surface area (Å²) in [5.74, 6) is -3.14. The number of carbonyl (C=O) groups is 7. The van der Waals surface area contributed by atoms with E-state index in [0.717, 1.165) is 20.9 Å². The number of terminal acetylenes is 1. The second-order valence-electron chi connectivity index (χ2n) is 25.7. The van der Waals surface area contributed by atoms with Gasteiger partial charge in [-0.3, -0.25) is 19.7 Å². The number of aliphatic carboxylic acids is 2. The number of methoxy groups -OCH3 is 3. The minimum atomic E-state index is -2.03. The number of amides is 5. The molecule has 0 bridgehead atoms. The molecule has 6 aliphatic heterocycles. The molecule has 15 atom stereocenters. The number of ether oxygens (including phenoxy) is 12. The average molecular weight is 1500 g/mol. The van der Waals surface area contributed by atoms with Crippen molar-refractivity contribution in [2.75, 3.05) is 77.3 Å². The van der Waals surface area contributed by atoms with Crippen LogP contribution in [0.15, 0.2) is 84.2 Å². The number of aliphatic hydroxyl groups excluding tert-OH is 9. The van der Waals surface area contributed by atoms with Gasteiger partial charge < -0.3 is 128 Å². The van der Waals surface area contributed by atoms with Crippen LogP contribution in [0, 0.1) is 12.3 Å². The van der Waals surface area contributed by atoms with E-state index in [9.17, 15) is 89.7 Å². The van der Waals surface area contributed by atoms with Crippen LogP contribution in [-0.4, -0.2) is 261 Å². The van der Waals surface area contributed by atoms with E-state index in [2.05, 4.69) is 16.6 Å². The first-order chi connectivity index (χ1) is 51.2. The highest BCUT2D eigenvalue weighted by Gasteiger charge is 2.51. The Morgan fingerprint density at radius 2 is 1.06 bits per heavy atom. The number of carboxylic acid groups (broad SMARTS) is 2. The number of nitrogens with zero attached hydrogens (tertiary/aromatic N) is 4. The third kappa shape index (κ3) is 17.5. The molecular formula is C71H84N6O30. The van der Waals surface area contributed by atoms with Gasteiger partial charge >= 0.3 is 24.1 Å². The van der Waals surface area contributed by atoms with Gasteiger partial charge in [-0.25, -0.2) is 29.0 Å². The lowest BCUT2D eigenvalue weighted by molar-refractivity contribution is -0.271. The minimum absolute atomic E-state index is 0.00546. The Hall–Kier alpha value is -9.95. The molecule has 4 aromatic carbocycles. The van der Waals surface area contributed by atoms with Crippen molar-refractivity contribution in [1.29, 1.82) is 0 Å². The molecule has 36 nitrogen and oxygen atoms in total. The van der Waals surface area contributed by atoms with Crippen molar-refractivity contribution in [3.05, 3.63) is 118 Å². The number of fused-ring (bicyclic) bond motifs is 4. The fourth-order valence-electron chi connectivity index (χ4n) is 12.8. The lowest BCUT2D eigenvalue weighted by Gasteiger charge is -2.38. The zero-order valence-corrected chi connectivity index (χ0v) is 58.5. The summed E-state index contributed by atoms with van der Waals surface area (Å²) in [5, 5.41) is 123. The first-order valence-electron chi connectivity index (χ1n) is 33.8. The molecule has 578 valence electrons. The fourth-order valence-corrected chi connectivity index (χ4v) is 12.8. The Morgan fingerprint density at radius 1 is 0.579 bits per heavy atom. The van der Waals surface area contributed by atoms with Gasteiger partial charge in [0.25, 0.3) is 17.7 Å². The highest BCUT2D eigenvalue weighted by Crippen LogP contribution is 2.45. The number of nitrogens with one attached hydrogen (secondary N) is 2. The Balaban J connectivity index is 0.824. The zero-order chi connectivity index (χ0) is 77.2. The number of carbonyl (C=O) groups excluding carboxylic acids is 5. The second-order valence-corrected chi connectivity index (χ2v) is 25.7. The molecule has 13 N–H and O–H groups in total. The van der Waals surface area contributed by atoms with Crippen LogP contribution >= 0.6 is 0 Å². The van der Waals surface area contributed by atoms with Gasteiger partial charge in [-0.2, -0.15) is 0 Å². The Bertz CT molecular complexity index is 4060. The van der Waals surface area contributed by atoms with E-state index in [4.69, 9.17) is 63.3 Å². The second kappa shape index (κ2) is 35.2. The molecule has 6 heterocycles. The molecule has 2 fully saturated rings. The summed E-state index contributed by atoms with van der Waals surface area (Å²) in [6, 6.07) is 11.4. The van der Waals surface area contributed by atoms with Crippen LogP contribution in [0.4, 0.5) is 21.0 Å². The number of carboxylic acids is 2. The van der Waals surface area contributed by atoms with Crippen LogP contribution < -0.4 is 48.9 Å². The lowest BCUT2D eigenvalue weighted by Crippen LogP contribution is -2.61. The van der Waals surface area contributed by atoms with E-state index < -0.39 is 147 Å². The number of unbranched alkanes of at least 4 members (excludes halogenated alkanes) is 2. The summed E-state index contributed by atoms with van der Waals surface area (Å²) in [6.45, 7) is 2.58. The summed E-state index contributed by atoms with van der Waals surface area (Å²) in [4.78, 5) is 99.7. The van der Waals surface area contributed by atoms with E-state index in [0.29, 0.717) is 19.3 Å². The molecule has 107 heavy (non-hydrogen) atoms. The molecule has 3 unspecified atom stereocenters. The summed E-state index contributed by atoms with van der Waals surface area (Å²) >= 11 is 0. The molecule has 2 saturated heterocycles. The van der Waals surface area contributed by atoms with Crippen LogP contribution in [0.25, 0.3) is 0 Å². The monoisotopic (exact) mass is 1500 g/mol. The normalized spacial score (nSPS) is 25.4. The van der Waals surface area contributed by atoms with E-state index in [-0.39, 0.29) is 138 Å². The first-order valence-corrected chi connectivity index (χ1v) is 33.8. The number of aliphatic hydroxyl groups is 9. The van der Waals surface area contributed by atoms with E-state index in [1.54, 1.807) is 26.2 Å². The van der Waals surface area contributed by atoms with Gasteiger partial charge in [0.15, 0.2) is 47.7 Å². The quantitative estimate of drug-likeness (QED) is 0.0194. The van der Waals surface area contributed by atoms with Crippen molar-refractivity contribution in [1.82, 2.24) is 20.4 Å². The molecule has 6 aliphatic rings. The molecule has 36 heteroatoms. The van der Waals surface area contributed by atoms with Gasteiger partial charge in [0, 0.05) is 50.3 Å². The van der Waals surface area contributed by atoms with Gasteiger partial charge in [0.05, 0.1) is 80.8 Å². The van der Waals surface area contributed by atoms with Crippen LogP contribution in [0.5, 0.6) is 34.5 Å². The van der Waals surface area contributed by atoms with Gasteiger partial charge in [-0.1, -0.05) is 29.2 Å². The Kier molecular flexibility index (Phi) is 26.2. The minimum Gasteiger partial charge on any atom is -0.493 e. The first kappa shape index (κ1) is 79.6. The number of benzene rings is 4. The number of hydrogen-bond acceptors (Lipinski definition) is 29. The summed E-state index contributed by atoms with van der Waals surface area (Å²) < 4.78 is 68.1. The molecule has 5 amide bonds. The molecule has 4 aromatic rings. The maximum absolute atomic E-state index is 14.6. The number of rotatable bonds is 30. The highest BCUT2D eigenvalue weighted by molar-refractivity contribution is 6.08. The number of hydrogen-bond donors (Lipinski definition) is 13. The van der Waals surface area contributed by atoms with E-state index in [1.165, 1.54) is 91.8 Å². The third-order valence-electron chi connectivity index (χ3n) is 18.3. The molecule has 0 radical (unpaired) electrons. The van der Waals surface area contributed by atoms with Crippen LogP contribution in [0.3, 0.4) is 0 Å². The Labute approximate surface area is 611 Å². The van der Waals surface area contributed by atoms with Gasteiger partial charge in [0.1, 0.15) is 74.2 Å². The lowest BCUT2D eigenvalue weighted by atomic mass is 9.99. The maximum Gasteiger partial charge on any atom is 0.416 e. The summed E-state index contributed by atoms with van der Waals surface area (Å²) in [5.41, 5.74) is 1.15. The summed E-state index contributed by atoms with van der Waals surface area (Å²) in [7, 11) is 4.09. The van der Waals surface area contributed by atoms with Crippen molar-refractivity contribution < 1.29 is 147 Å². The SMILES string of the molecule is C#CCOCCNC(O)c1cc(COC(=O)N2c3cc(OCCCCCOc4cc5c(cc4OC)C(=O)N4C=C(C)C[C@H]4C(O)N5C(=O)OCc4ccc(O[C@@H]5O[C@H](C(=O)O)[C@@H](O)[C@H](O)[C@H]5O)c(C(=O)NCCOC)c4)c(OC)cc3C(=O)N3C=C(C)C[C@H]3C2O)ccc1O[C@@H]1O[C@H](C(=O)O)[C@@H](O)[C@H](O)[C@H]1O. The topological polar surface area (TPSA) is 490 Å². The molecule has 10 rings (SSSR count). The smallest absolute Gasteiger partial charge is 0.416 e. The molecule has 0 spiro atoms. The van der Waals surface area contributed by atoms with Gasteiger partial charge in [-0.15, -0.1) is 6.42 Å². The fraction of sp³-hybridized carbons (Fsp3) is 0.479. The molecule has 0 aromatic heterocycles. The zero-order valence-electron chi connectivity index (χ0n) is 58.5. The van der Waals surface area contributed by atoms with Crippen molar-refractivity contribution >= 4 is 53.2 Å². The summed E-state index contributed by atoms with van der Waals surface area (Å²) in [6.07, 6.45) is -17.2. The van der Waals surface area contributed by atoms with Crippen molar-refractivity contribution in [2.24, 2.45) is 0 Å². The maximum atomic E-state index is 14.6. The average Bonchev–Trinajstić information content (AvgIpc) is 1.63. The van der Waals surface area contributed by atoms with E-state index >= 15 is 0 Å². The van der Waals surface area contributed by atoms with Gasteiger partial charge in [-0.05, 0) is 93.5 Å². The van der Waals surface area contributed by atoms with E-state index in [1.807, 2.05) is 0 Å². The molecule has 0 saturated carbocycles. The van der Waals surface area contributed by atoms with Crippen LogP contribution in [0.2, 0.25) is 0 Å². The highest BCUT2D eigenvalue weighted by atomic mass is 16.7. The predicted octanol–water partition coefficient (Wildman–Crippen LogP) is 0.667. The van der Waals surface area contributed by atoms with Crippen LogP contribution in [-0.2, 0) is 51.2 Å². The predicted molar refractivity (Wildman–Crippen MR) is 364 cm³/mol. The number of anilines is 2. The Morgan fingerprint density at radius 3 is 1.52 bits per heavy atom. The molecular weight excluding hydrogens is 1420 g/mol. The standard InChI is InChI=1S/C71H84N6O30/c1-7-17-99-21-16-73-61(85)41-25-37(12-14-47(41)105-69-57(83)53(79)55(81)59(107-69)67(92)93)33-103-71(95)77-43-29-51(49(98-6)27-39(43)63(87)75-31-35(3)23-45(75)65(77)89)101-19-10-8-9-18-100-50-28-42-38(26-48(50)97-5)62(86)74-30-34(2)22-44(74)64(88)76(42)70(94)102-32-36-11-13-46(40(24-36)60(84)72-15-20-96-4)104-68-56(82)52(78)54(80)58(106-68)66(90)91/h1,11-14,24-31,44-45,52-59,61,64-65,68-69,73,78-83,85,88-89H,8-10,15-23,32-33H2,2-6H3,(H,72,84)(H,90,91)(H,92,93)/t44-,45-,52-,53-,54-,55-,56+,57+,58-,59-,61?,64?,65?,68+,69+/m0/s1.